The molecule has 116 valence electrons. The van der Waals surface area contributed by atoms with E-state index in [9.17, 15) is 9.90 Å². The van der Waals surface area contributed by atoms with Crippen molar-refractivity contribution in [3.05, 3.63) is 17.5 Å². The van der Waals surface area contributed by atoms with Crippen molar-refractivity contribution < 1.29 is 9.90 Å². The Hall–Kier alpha value is -1.36. The normalized spacial score (nSPS) is 26.1. The van der Waals surface area contributed by atoms with Gasteiger partial charge < -0.3 is 10.0 Å². The molecule has 5 heteroatoms. The van der Waals surface area contributed by atoms with E-state index in [4.69, 9.17) is 0 Å². The molecule has 2 heterocycles. The van der Waals surface area contributed by atoms with E-state index in [-0.39, 0.29) is 17.9 Å². The Morgan fingerprint density at radius 3 is 2.86 bits per heavy atom. The molecule has 1 aliphatic heterocycles. The first-order chi connectivity index (χ1) is 10.0. The van der Waals surface area contributed by atoms with E-state index in [2.05, 4.69) is 5.10 Å². The fourth-order valence-corrected chi connectivity index (χ4v) is 3.65. The van der Waals surface area contributed by atoms with Crippen LogP contribution in [0.1, 0.15) is 48.3 Å². The van der Waals surface area contributed by atoms with Gasteiger partial charge in [0, 0.05) is 25.6 Å². The zero-order valence-electron chi connectivity index (χ0n) is 13.0. The van der Waals surface area contributed by atoms with Crippen LogP contribution in [0.5, 0.6) is 0 Å². The average Bonchev–Trinajstić information content (AvgIpc) is 3.21. The van der Waals surface area contributed by atoms with Crippen molar-refractivity contribution in [1.82, 2.24) is 14.7 Å². The fraction of sp³-hybridized carbons (Fsp3) is 0.750. The summed E-state index contributed by atoms with van der Waals surface area (Å²) in [4.78, 5) is 14.6. The highest BCUT2D eigenvalue weighted by Gasteiger charge is 2.41. The number of aliphatic hydroxyl groups is 1. The number of carbonyl (C=O) groups is 1. The van der Waals surface area contributed by atoms with E-state index < -0.39 is 0 Å². The Labute approximate surface area is 125 Å². The molecule has 1 aromatic heterocycles. The molecule has 1 aliphatic carbocycles. The number of piperidine rings is 1. The standard InChI is InChI=1S/C16H25N3O2/c1-12-8-14(18(2)17-12)15(21)19-7-3-6-16(10-19,11-20)9-13-4-5-13/h8,13,20H,3-7,9-11H2,1-2H3/t16-/m1/s1. The zero-order valence-corrected chi connectivity index (χ0v) is 13.0. The Kier molecular flexibility index (Phi) is 3.78. The fourth-order valence-electron chi connectivity index (χ4n) is 3.65. The Morgan fingerprint density at radius 2 is 2.29 bits per heavy atom. The van der Waals surface area contributed by atoms with Gasteiger partial charge in [-0.05, 0) is 38.2 Å². The highest BCUT2D eigenvalue weighted by molar-refractivity contribution is 5.92. The van der Waals surface area contributed by atoms with E-state index in [1.165, 1.54) is 12.8 Å². The highest BCUT2D eigenvalue weighted by atomic mass is 16.3. The summed E-state index contributed by atoms with van der Waals surface area (Å²) in [5, 5.41) is 14.2. The lowest BCUT2D eigenvalue weighted by molar-refractivity contribution is 0.0190. The summed E-state index contributed by atoms with van der Waals surface area (Å²) in [6.07, 6.45) is 5.66. The molecule has 1 atom stereocenters. The number of likely N-dealkylation sites (tertiary alicyclic amines) is 1. The van der Waals surface area contributed by atoms with Gasteiger partial charge in [0.25, 0.3) is 5.91 Å². The largest absolute Gasteiger partial charge is 0.396 e. The number of rotatable bonds is 4. The monoisotopic (exact) mass is 291 g/mol. The van der Waals surface area contributed by atoms with Crippen LogP contribution in [0.4, 0.5) is 0 Å². The van der Waals surface area contributed by atoms with E-state index in [0.29, 0.717) is 12.2 Å². The topological polar surface area (TPSA) is 58.4 Å². The maximum atomic E-state index is 12.7. The lowest BCUT2D eigenvalue weighted by atomic mass is 9.76. The second kappa shape index (κ2) is 5.44. The molecule has 3 rings (SSSR count). The van der Waals surface area contributed by atoms with Crippen LogP contribution in [0.15, 0.2) is 6.07 Å². The van der Waals surface area contributed by atoms with E-state index in [1.807, 2.05) is 24.9 Å². The predicted octanol–water partition coefficient (Wildman–Crippen LogP) is 1.74. The van der Waals surface area contributed by atoms with Crippen LogP contribution >= 0.6 is 0 Å². The van der Waals surface area contributed by atoms with Crippen molar-refractivity contribution in [2.45, 2.75) is 39.0 Å². The predicted molar refractivity (Wildman–Crippen MR) is 79.9 cm³/mol. The van der Waals surface area contributed by atoms with Crippen LogP contribution in [0.25, 0.3) is 0 Å². The van der Waals surface area contributed by atoms with Crippen LogP contribution < -0.4 is 0 Å². The van der Waals surface area contributed by atoms with Crippen molar-refractivity contribution in [1.29, 1.82) is 0 Å². The quantitative estimate of drug-likeness (QED) is 0.919. The van der Waals surface area contributed by atoms with E-state index in [1.54, 1.807) is 4.68 Å². The van der Waals surface area contributed by atoms with Gasteiger partial charge in [0.15, 0.2) is 0 Å². The summed E-state index contributed by atoms with van der Waals surface area (Å²) >= 11 is 0. The summed E-state index contributed by atoms with van der Waals surface area (Å²) < 4.78 is 1.66. The Bertz CT molecular complexity index is 536. The van der Waals surface area contributed by atoms with Gasteiger partial charge in [-0.3, -0.25) is 9.48 Å². The third kappa shape index (κ3) is 2.98. The molecular weight excluding hydrogens is 266 g/mol. The minimum Gasteiger partial charge on any atom is -0.396 e. The van der Waals surface area contributed by atoms with Gasteiger partial charge in [0.05, 0.1) is 12.3 Å². The van der Waals surface area contributed by atoms with Gasteiger partial charge in [-0.2, -0.15) is 5.10 Å². The van der Waals surface area contributed by atoms with Crippen molar-refractivity contribution in [3.63, 3.8) is 0 Å². The van der Waals surface area contributed by atoms with Crippen molar-refractivity contribution in [2.24, 2.45) is 18.4 Å². The molecule has 1 amide bonds. The number of aromatic nitrogens is 2. The zero-order chi connectivity index (χ0) is 15.0. The molecule has 0 unspecified atom stereocenters. The molecule has 2 fully saturated rings. The summed E-state index contributed by atoms with van der Waals surface area (Å²) in [5.41, 5.74) is 1.43. The number of aliphatic hydroxyl groups excluding tert-OH is 1. The minimum absolute atomic E-state index is 0.0476. The Morgan fingerprint density at radius 1 is 1.52 bits per heavy atom. The van der Waals surface area contributed by atoms with E-state index in [0.717, 1.165) is 37.4 Å². The summed E-state index contributed by atoms with van der Waals surface area (Å²) in [5.74, 6) is 0.817. The van der Waals surface area contributed by atoms with Crippen LogP contribution in [0.2, 0.25) is 0 Å². The second-order valence-corrected chi connectivity index (χ2v) is 6.93. The number of hydrogen-bond donors (Lipinski definition) is 1. The number of hydrogen-bond acceptors (Lipinski definition) is 3. The molecule has 2 aliphatic rings. The number of nitrogens with zero attached hydrogens (tertiary/aromatic N) is 3. The molecule has 0 aromatic carbocycles. The highest BCUT2D eigenvalue weighted by Crippen LogP contribution is 2.44. The first kappa shape index (κ1) is 14.6. The molecule has 1 saturated heterocycles. The van der Waals surface area contributed by atoms with Crippen molar-refractivity contribution >= 4 is 5.91 Å². The first-order valence-electron chi connectivity index (χ1n) is 7.94. The summed E-state index contributed by atoms with van der Waals surface area (Å²) in [7, 11) is 1.81. The van der Waals surface area contributed by atoms with Crippen molar-refractivity contribution in [2.75, 3.05) is 19.7 Å². The molecule has 0 radical (unpaired) electrons. The molecule has 0 spiro atoms. The number of aryl methyl sites for hydroxylation is 2. The lowest BCUT2D eigenvalue weighted by Crippen LogP contribution is -2.48. The third-order valence-corrected chi connectivity index (χ3v) is 4.92. The maximum absolute atomic E-state index is 12.7. The Balaban J connectivity index is 1.75. The van der Waals surface area contributed by atoms with Gasteiger partial charge >= 0.3 is 0 Å². The molecule has 21 heavy (non-hydrogen) atoms. The van der Waals surface area contributed by atoms with Gasteiger partial charge in [-0.25, -0.2) is 0 Å². The third-order valence-electron chi connectivity index (χ3n) is 4.92. The summed E-state index contributed by atoms with van der Waals surface area (Å²) in [6, 6.07) is 1.85. The molecular formula is C16H25N3O2. The van der Waals surface area contributed by atoms with E-state index >= 15 is 0 Å². The van der Waals surface area contributed by atoms with Gasteiger partial charge in [-0.1, -0.05) is 12.8 Å². The second-order valence-electron chi connectivity index (χ2n) is 6.93. The lowest BCUT2D eigenvalue weighted by Gasteiger charge is -2.42. The molecule has 1 aromatic rings. The molecule has 0 bridgehead atoms. The van der Waals surface area contributed by atoms with Crippen LogP contribution in [-0.4, -0.2) is 45.4 Å². The number of amides is 1. The van der Waals surface area contributed by atoms with Crippen LogP contribution in [0, 0.1) is 18.3 Å². The van der Waals surface area contributed by atoms with Gasteiger partial charge in [-0.15, -0.1) is 0 Å². The molecule has 1 saturated carbocycles. The van der Waals surface area contributed by atoms with Crippen molar-refractivity contribution in [3.8, 4) is 0 Å². The number of carbonyl (C=O) groups excluding carboxylic acids is 1. The summed E-state index contributed by atoms with van der Waals surface area (Å²) in [6.45, 7) is 3.56. The molecule has 5 nitrogen and oxygen atoms in total. The maximum Gasteiger partial charge on any atom is 0.272 e. The average molecular weight is 291 g/mol. The van der Waals surface area contributed by atoms with Gasteiger partial charge in [0.2, 0.25) is 0 Å². The van der Waals surface area contributed by atoms with Gasteiger partial charge in [0.1, 0.15) is 5.69 Å². The van der Waals surface area contributed by atoms with Crippen LogP contribution in [-0.2, 0) is 7.05 Å². The minimum atomic E-state index is -0.0806. The molecule has 1 N–H and O–H groups in total. The first-order valence-corrected chi connectivity index (χ1v) is 7.94. The smallest absolute Gasteiger partial charge is 0.272 e. The van der Waals surface area contributed by atoms with Crippen LogP contribution in [0.3, 0.4) is 0 Å². The SMILES string of the molecule is Cc1cc(C(=O)N2CCC[C@@](CO)(CC3CC3)C2)n(C)n1.